The molecular formula is C16H14ClFN2O. The van der Waals surface area contributed by atoms with E-state index in [9.17, 15) is 9.18 Å². The highest BCUT2D eigenvalue weighted by Gasteiger charge is 2.25. The number of nitrogens with one attached hydrogen (secondary N) is 2. The van der Waals surface area contributed by atoms with Crippen LogP contribution in [0.25, 0.3) is 0 Å². The summed E-state index contributed by atoms with van der Waals surface area (Å²) in [5, 5.41) is 6.10. The molecular weight excluding hydrogens is 291 g/mol. The fourth-order valence-electron chi connectivity index (χ4n) is 2.42. The normalized spacial score (nSPS) is 16.2. The predicted octanol–water partition coefficient (Wildman–Crippen LogP) is 3.13. The lowest BCUT2D eigenvalue weighted by Gasteiger charge is -2.12. The molecule has 1 atom stereocenters. The molecule has 108 valence electrons. The van der Waals surface area contributed by atoms with Crippen LogP contribution in [-0.2, 0) is 17.8 Å². The Morgan fingerprint density at radius 2 is 2.14 bits per heavy atom. The van der Waals surface area contributed by atoms with Crippen LogP contribution in [-0.4, -0.2) is 11.9 Å². The average Bonchev–Trinajstić information content (AvgIpc) is 2.92. The molecule has 2 aromatic carbocycles. The van der Waals surface area contributed by atoms with Gasteiger partial charge >= 0.3 is 0 Å². The molecule has 1 amide bonds. The van der Waals surface area contributed by atoms with Gasteiger partial charge in [0.2, 0.25) is 5.91 Å². The molecule has 0 fully saturated rings. The van der Waals surface area contributed by atoms with Gasteiger partial charge in [0, 0.05) is 18.7 Å². The molecule has 0 radical (unpaired) electrons. The number of carbonyl (C=O) groups excluding carboxylic acids is 1. The highest BCUT2D eigenvalue weighted by Crippen LogP contribution is 2.25. The Morgan fingerprint density at radius 1 is 1.33 bits per heavy atom. The van der Waals surface area contributed by atoms with Gasteiger partial charge in [-0.2, -0.15) is 0 Å². The van der Waals surface area contributed by atoms with E-state index in [0.717, 1.165) is 16.8 Å². The number of para-hydroxylation sites is 1. The van der Waals surface area contributed by atoms with Crippen LogP contribution in [0.3, 0.4) is 0 Å². The van der Waals surface area contributed by atoms with Crippen LogP contribution in [0.15, 0.2) is 42.5 Å². The van der Waals surface area contributed by atoms with Gasteiger partial charge in [0.15, 0.2) is 0 Å². The van der Waals surface area contributed by atoms with Crippen molar-refractivity contribution in [1.29, 1.82) is 0 Å². The summed E-state index contributed by atoms with van der Waals surface area (Å²) in [4.78, 5) is 12.2. The summed E-state index contributed by atoms with van der Waals surface area (Å²) in [5.41, 5.74) is 2.91. The lowest BCUT2D eigenvalue weighted by Crippen LogP contribution is -2.38. The van der Waals surface area contributed by atoms with Crippen LogP contribution < -0.4 is 10.6 Å². The lowest BCUT2D eigenvalue weighted by molar-refractivity contribution is -0.121. The number of benzene rings is 2. The van der Waals surface area contributed by atoms with E-state index >= 15 is 0 Å². The van der Waals surface area contributed by atoms with Crippen molar-refractivity contribution in [2.24, 2.45) is 0 Å². The number of carbonyl (C=O) groups is 1. The monoisotopic (exact) mass is 304 g/mol. The number of hydrogen-bond acceptors (Lipinski definition) is 2. The van der Waals surface area contributed by atoms with E-state index in [4.69, 9.17) is 11.6 Å². The molecule has 1 aliphatic rings. The quantitative estimate of drug-likeness (QED) is 0.914. The first kappa shape index (κ1) is 13.9. The lowest BCUT2D eigenvalue weighted by atomic mass is 10.1. The van der Waals surface area contributed by atoms with Crippen molar-refractivity contribution < 1.29 is 9.18 Å². The van der Waals surface area contributed by atoms with Crippen LogP contribution in [0.1, 0.15) is 11.1 Å². The fraction of sp³-hybridized carbons (Fsp3) is 0.188. The smallest absolute Gasteiger partial charge is 0.243 e. The van der Waals surface area contributed by atoms with Gasteiger partial charge in [-0.1, -0.05) is 35.9 Å². The standard InChI is InChI=1S/C16H14ClFN2O/c17-12-7-10(5-6-13(12)18)9-19-16(21)15-8-11-3-1-2-4-14(11)20-15/h1-7,15,20H,8-9H2,(H,19,21)/t15-/m0/s1. The summed E-state index contributed by atoms with van der Waals surface area (Å²) in [6, 6.07) is 12.0. The molecule has 0 aliphatic carbocycles. The Labute approximate surface area is 127 Å². The van der Waals surface area contributed by atoms with Crippen LogP contribution in [0, 0.1) is 5.82 Å². The van der Waals surface area contributed by atoms with Crippen LogP contribution in [0.4, 0.5) is 10.1 Å². The third-order valence-corrected chi connectivity index (χ3v) is 3.83. The molecule has 3 rings (SSSR count). The van der Waals surface area contributed by atoms with Gasteiger partial charge in [0.05, 0.1) is 5.02 Å². The van der Waals surface area contributed by atoms with Gasteiger partial charge in [-0.25, -0.2) is 4.39 Å². The largest absolute Gasteiger partial charge is 0.373 e. The first-order valence-corrected chi connectivity index (χ1v) is 7.07. The zero-order chi connectivity index (χ0) is 14.8. The second kappa shape index (κ2) is 5.74. The molecule has 1 aliphatic heterocycles. The average molecular weight is 305 g/mol. The molecule has 0 aromatic heterocycles. The molecule has 0 saturated carbocycles. The minimum atomic E-state index is -0.459. The molecule has 0 unspecified atom stereocenters. The van der Waals surface area contributed by atoms with Crippen molar-refractivity contribution in [3.05, 3.63) is 64.4 Å². The Morgan fingerprint density at radius 3 is 2.90 bits per heavy atom. The zero-order valence-electron chi connectivity index (χ0n) is 11.2. The van der Waals surface area contributed by atoms with Crippen LogP contribution in [0.5, 0.6) is 0 Å². The Kier molecular flexibility index (Phi) is 3.80. The van der Waals surface area contributed by atoms with E-state index in [2.05, 4.69) is 10.6 Å². The number of amides is 1. The second-order valence-corrected chi connectivity index (χ2v) is 5.43. The molecule has 2 aromatic rings. The molecule has 21 heavy (non-hydrogen) atoms. The number of halogens is 2. The summed E-state index contributed by atoms with van der Waals surface area (Å²) >= 11 is 5.72. The van der Waals surface area contributed by atoms with Crippen molar-refractivity contribution in [1.82, 2.24) is 5.32 Å². The summed E-state index contributed by atoms with van der Waals surface area (Å²) in [6.07, 6.45) is 0.673. The Balaban J connectivity index is 1.59. The van der Waals surface area contributed by atoms with E-state index in [-0.39, 0.29) is 17.0 Å². The maximum absolute atomic E-state index is 13.1. The van der Waals surface area contributed by atoms with E-state index in [0.29, 0.717) is 13.0 Å². The number of hydrogen-bond donors (Lipinski definition) is 2. The van der Waals surface area contributed by atoms with Crippen LogP contribution >= 0.6 is 11.6 Å². The van der Waals surface area contributed by atoms with E-state index in [1.807, 2.05) is 24.3 Å². The van der Waals surface area contributed by atoms with Crippen molar-refractivity contribution in [3.63, 3.8) is 0 Å². The minimum absolute atomic E-state index is 0.0631. The van der Waals surface area contributed by atoms with Gasteiger partial charge in [-0.15, -0.1) is 0 Å². The SMILES string of the molecule is O=C(NCc1ccc(F)c(Cl)c1)[C@@H]1Cc2ccccc2N1. The van der Waals surface area contributed by atoms with Crippen molar-refractivity contribution in [2.75, 3.05) is 5.32 Å². The first-order valence-electron chi connectivity index (χ1n) is 6.69. The summed E-state index contributed by atoms with van der Waals surface area (Å²) in [7, 11) is 0. The van der Waals surface area contributed by atoms with Gasteiger partial charge in [0.25, 0.3) is 0 Å². The molecule has 5 heteroatoms. The molecule has 3 nitrogen and oxygen atoms in total. The number of anilines is 1. The highest BCUT2D eigenvalue weighted by atomic mass is 35.5. The van der Waals surface area contributed by atoms with E-state index in [1.54, 1.807) is 6.07 Å². The number of fused-ring (bicyclic) bond motifs is 1. The molecule has 2 N–H and O–H groups in total. The zero-order valence-corrected chi connectivity index (χ0v) is 12.0. The van der Waals surface area contributed by atoms with Crippen molar-refractivity contribution >= 4 is 23.2 Å². The topological polar surface area (TPSA) is 41.1 Å². The van der Waals surface area contributed by atoms with Gasteiger partial charge in [-0.05, 0) is 29.3 Å². The van der Waals surface area contributed by atoms with E-state index in [1.165, 1.54) is 12.1 Å². The second-order valence-electron chi connectivity index (χ2n) is 5.02. The summed E-state index contributed by atoms with van der Waals surface area (Å²) in [6.45, 7) is 0.327. The summed E-state index contributed by atoms with van der Waals surface area (Å²) in [5.74, 6) is -0.536. The predicted molar refractivity (Wildman–Crippen MR) is 80.8 cm³/mol. The van der Waals surface area contributed by atoms with E-state index < -0.39 is 5.82 Å². The molecule has 1 heterocycles. The molecule has 0 spiro atoms. The maximum Gasteiger partial charge on any atom is 0.243 e. The molecule has 0 bridgehead atoms. The van der Waals surface area contributed by atoms with Gasteiger partial charge in [-0.3, -0.25) is 4.79 Å². The summed E-state index contributed by atoms with van der Waals surface area (Å²) < 4.78 is 13.1. The maximum atomic E-state index is 13.1. The fourth-order valence-corrected chi connectivity index (χ4v) is 2.62. The van der Waals surface area contributed by atoms with Gasteiger partial charge < -0.3 is 10.6 Å². The first-order chi connectivity index (χ1) is 10.1. The molecule has 0 saturated heterocycles. The van der Waals surface area contributed by atoms with Crippen molar-refractivity contribution in [3.8, 4) is 0 Å². The number of rotatable bonds is 3. The van der Waals surface area contributed by atoms with Crippen LogP contribution in [0.2, 0.25) is 5.02 Å². The minimum Gasteiger partial charge on any atom is -0.373 e. The van der Waals surface area contributed by atoms with Gasteiger partial charge in [0.1, 0.15) is 11.9 Å². The Hall–Kier alpha value is -2.07. The van der Waals surface area contributed by atoms with Crippen molar-refractivity contribution in [2.45, 2.75) is 19.0 Å². The third-order valence-electron chi connectivity index (χ3n) is 3.54. The third kappa shape index (κ3) is 3.00. The highest BCUT2D eigenvalue weighted by molar-refractivity contribution is 6.30. The Bertz CT molecular complexity index is 665.